The van der Waals surface area contributed by atoms with E-state index in [4.69, 9.17) is 4.42 Å². The summed E-state index contributed by atoms with van der Waals surface area (Å²) >= 11 is 0. The maximum atomic E-state index is 11.4. The molecule has 0 saturated carbocycles. The lowest BCUT2D eigenvalue weighted by Crippen LogP contribution is -1.92. The van der Waals surface area contributed by atoms with Crippen molar-refractivity contribution in [2.24, 2.45) is 0 Å². The van der Waals surface area contributed by atoms with E-state index in [0.717, 1.165) is 60.0 Å². The summed E-state index contributed by atoms with van der Waals surface area (Å²) in [6.07, 6.45) is 0. The Balaban J connectivity index is 1.38. The number of phenolic OH excluding ortho intramolecular Hbond substituents is 7. The third-order valence-corrected chi connectivity index (χ3v) is 9.19. The minimum Gasteiger partial charge on any atom is -0.506 e. The predicted molar refractivity (Wildman–Crippen MR) is 177 cm³/mol. The molecule has 0 unspecified atom stereocenters. The van der Waals surface area contributed by atoms with Crippen molar-refractivity contribution in [1.82, 2.24) is 0 Å². The Bertz CT molecular complexity index is 2780. The molecule has 8 aromatic carbocycles. The number of hydrogen-bond donors (Lipinski definition) is 7. The van der Waals surface area contributed by atoms with Crippen LogP contribution >= 0.6 is 0 Å². The molecular formula is C38H22O8. The van der Waals surface area contributed by atoms with Crippen LogP contribution in [0.25, 0.3) is 87.3 Å². The molecule has 8 nitrogen and oxygen atoms in total. The fourth-order valence-electron chi connectivity index (χ4n) is 7.14. The average Bonchev–Trinajstić information content (AvgIpc) is 3.46. The molecule has 0 amide bonds. The largest absolute Gasteiger partial charge is 0.506 e. The Labute approximate surface area is 258 Å². The molecule has 0 atom stereocenters. The van der Waals surface area contributed by atoms with Gasteiger partial charge in [-0.15, -0.1) is 0 Å². The van der Waals surface area contributed by atoms with Gasteiger partial charge in [-0.05, 0) is 61.1 Å². The number of benzene rings is 8. The minimum atomic E-state index is -1.11. The van der Waals surface area contributed by atoms with Gasteiger partial charge < -0.3 is 40.2 Å². The Morgan fingerprint density at radius 2 is 0.870 bits per heavy atom. The number of hydrogen-bond acceptors (Lipinski definition) is 8. The van der Waals surface area contributed by atoms with E-state index in [2.05, 4.69) is 24.3 Å². The smallest absolute Gasteiger partial charge is 0.205 e. The van der Waals surface area contributed by atoms with E-state index in [9.17, 15) is 35.7 Å². The van der Waals surface area contributed by atoms with Crippen LogP contribution < -0.4 is 0 Å². The summed E-state index contributed by atoms with van der Waals surface area (Å²) in [5.41, 5.74) is 3.69. The second-order valence-corrected chi connectivity index (χ2v) is 11.5. The lowest BCUT2D eigenvalue weighted by molar-refractivity contribution is 0.347. The molecular weight excluding hydrogens is 584 g/mol. The molecule has 1 aromatic heterocycles. The van der Waals surface area contributed by atoms with Crippen molar-refractivity contribution in [1.29, 1.82) is 0 Å². The van der Waals surface area contributed by atoms with Crippen LogP contribution in [0.1, 0.15) is 0 Å². The molecule has 0 bridgehead atoms. The van der Waals surface area contributed by atoms with Crippen molar-refractivity contribution in [3.8, 4) is 62.5 Å². The van der Waals surface area contributed by atoms with E-state index >= 15 is 0 Å². The molecule has 7 N–H and O–H groups in total. The summed E-state index contributed by atoms with van der Waals surface area (Å²) in [5.74, 6) is -6.55. The second-order valence-electron chi connectivity index (χ2n) is 11.5. The lowest BCUT2D eigenvalue weighted by Gasteiger charge is -2.19. The van der Waals surface area contributed by atoms with Gasteiger partial charge >= 0.3 is 0 Å². The molecule has 222 valence electrons. The molecule has 9 rings (SSSR count). The van der Waals surface area contributed by atoms with Gasteiger partial charge in [0.25, 0.3) is 0 Å². The van der Waals surface area contributed by atoms with Gasteiger partial charge in [-0.25, -0.2) is 0 Å². The van der Waals surface area contributed by atoms with Gasteiger partial charge in [0.15, 0.2) is 23.0 Å². The number of phenols is 7. The quantitative estimate of drug-likeness (QED) is 0.0584. The van der Waals surface area contributed by atoms with Gasteiger partial charge in [0.05, 0.1) is 16.3 Å². The van der Waals surface area contributed by atoms with Crippen molar-refractivity contribution in [2.45, 2.75) is 0 Å². The normalized spacial score (nSPS) is 12.1. The van der Waals surface area contributed by atoms with Crippen LogP contribution in [0.15, 0.2) is 95.4 Å². The van der Waals surface area contributed by atoms with Crippen molar-refractivity contribution in [2.75, 3.05) is 0 Å². The van der Waals surface area contributed by atoms with E-state index in [-0.39, 0.29) is 5.56 Å². The topological polar surface area (TPSA) is 155 Å². The van der Waals surface area contributed by atoms with Gasteiger partial charge in [0.1, 0.15) is 16.9 Å². The Morgan fingerprint density at radius 3 is 1.57 bits per heavy atom. The molecule has 0 aliphatic rings. The minimum absolute atomic E-state index is 0.224. The van der Waals surface area contributed by atoms with E-state index in [0.29, 0.717) is 10.9 Å². The predicted octanol–water partition coefficient (Wildman–Crippen LogP) is 8.91. The van der Waals surface area contributed by atoms with E-state index in [1.54, 1.807) is 6.07 Å². The molecule has 0 fully saturated rings. The van der Waals surface area contributed by atoms with Crippen LogP contribution in [0.4, 0.5) is 0 Å². The first-order valence-corrected chi connectivity index (χ1v) is 14.4. The Morgan fingerprint density at radius 1 is 0.326 bits per heavy atom. The van der Waals surface area contributed by atoms with Crippen LogP contribution in [0, 0.1) is 0 Å². The second kappa shape index (κ2) is 8.77. The van der Waals surface area contributed by atoms with E-state index in [1.165, 1.54) is 0 Å². The number of fused-ring (bicyclic) bond motifs is 4. The molecule has 46 heavy (non-hydrogen) atoms. The molecule has 9 aromatic rings. The van der Waals surface area contributed by atoms with Gasteiger partial charge in [-0.2, -0.15) is 0 Å². The van der Waals surface area contributed by atoms with Gasteiger partial charge in [-0.3, -0.25) is 0 Å². The van der Waals surface area contributed by atoms with Crippen LogP contribution in [-0.4, -0.2) is 35.7 Å². The first-order valence-electron chi connectivity index (χ1n) is 14.4. The van der Waals surface area contributed by atoms with Crippen LogP contribution in [0.3, 0.4) is 0 Å². The van der Waals surface area contributed by atoms with Crippen LogP contribution in [-0.2, 0) is 0 Å². The van der Waals surface area contributed by atoms with Gasteiger partial charge in [0.2, 0.25) is 11.5 Å². The van der Waals surface area contributed by atoms with Crippen LogP contribution in [0.5, 0.6) is 40.2 Å². The molecule has 8 heteroatoms. The highest BCUT2D eigenvalue weighted by atomic mass is 16.3. The number of furan rings is 1. The molecule has 0 saturated heterocycles. The third kappa shape index (κ3) is 3.11. The highest BCUT2D eigenvalue weighted by Gasteiger charge is 2.30. The van der Waals surface area contributed by atoms with Gasteiger partial charge in [0, 0.05) is 10.8 Å². The third-order valence-electron chi connectivity index (χ3n) is 9.19. The number of rotatable bonds is 2. The zero-order valence-corrected chi connectivity index (χ0v) is 23.7. The van der Waals surface area contributed by atoms with Gasteiger partial charge in [-0.1, -0.05) is 78.9 Å². The first kappa shape index (κ1) is 25.9. The van der Waals surface area contributed by atoms with E-state index in [1.807, 2.05) is 60.7 Å². The van der Waals surface area contributed by atoms with Crippen molar-refractivity contribution >= 4 is 65.0 Å². The monoisotopic (exact) mass is 606 g/mol. The highest BCUT2D eigenvalue weighted by molar-refractivity contribution is 6.29. The fourth-order valence-corrected chi connectivity index (χ4v) is 7.14. The maximum Gasteiger partial charge on any atom is 0.205 e. The SMILES string of the molecule is Oc1c(O)c(O)c2c(O)c(-c3ccc4ccc5c(-c6cccc7oc8ccccc8c67)ccc6ccc3c4c65)c(O)c(O)c2c1O. The molecule has 0 aliphatic carbocycles. The number of para-hydroxylation sites is 1. The van der Waals surface area contributed by atoms with Crippen molar-refractivity contribution in [3.63, 3.8) is 0 Å². The zero-order valence-electron chi connectivity index (χ0n) is 23.7. The average molecular weight is 607 g/mol. The summed E-state index contributed by atoms with van der Waals surface area (Å²) in [6.45, 7) is 0. The standard InChI is InChI=1S/C38H22O8/c39-32-29(33(40)34(41)31-30(32)35(42)37(44)38(45)36(31)43)22-15-11-17-9-13-20-18(12-8-16-10-14-21(22)27(17)26(16)20)19-5-3-7-25-28(19)23-4-1-2-6-24(23)46-25/h1-15,39-45H. The summed E-state index contributed by atoms with van der Waals surface area (Å²) < 4.78 is 6.17. The van der Waals surface area contributed by atoms with Crippen molar-refractivity contribution < 1.29 is 40.2 Å². The maximum absolute atomic E-state index is 11.4. The van der Waals surface area contributed by atoms with Crippen LogP contribution in [0.2, 0.25) is 0 Å². The van der Waals surface area contributed by atoms with Crippen molar-refractivity contribution in [3.05, 3.63) is 91.0 Å². The summed E-state index contributed by atoms with van der Waals surface area (Å²) in [5, 5.41) is 81.1. The zero-order chi connectivity index (χ0) is 31.6. The highest BCUT2D eigenvalue weighted by Crippen LogP contribution is 2.60. The lowest BCUT2D eigenvalue weighted by atomic mass is 9.85. The molecule has 0 aliphatic heterocycles. The molecule has 0 spiro atoms. The van der Waals surface area contributed by atoms with E-state index < -0.39 is 51.0 Å². The first-order chi connectivity index (χ1) is 22.3. The molecule has 0 radical (unpaired) electrons. The molecule has 1 heterocycles. The summed E-state index contributed by atoms with van der Waals surface area (Å²) in [7, 11) is 0. The fraction of sp³-hybridized carbons (Fsp3) is 0. The Kier molecular flexibility index (Phi) is 4.94. The summed E-state index contributed by atoms with van der Waals surface area (Å²) in [4.78, 5) is 0. The Hall–Kier alpha value is -6.54. The summed E-state index contributed by atoms with van der Waals surface area (Å²) in [6, 6.07) is 29.5. The number of aromatic hydroxyl groups is 7.